The minimum absolute atomic E-state index is 0.244. The Bertz CT molecular complexity index is 1070. The number of hydrogen-bond acceptors (Lipinski definition) is 5. The number of carbonyl (C=O) groups is 1. The van der Waals surface area contributed by atoms with Gasteiger partial charge in [-0.25, -0.2) is 0 Å². The zero-order valence-corrected chi connectivity index (χ0v) is 14.2. The van der Waals surface area contributed by atoms with Gasteiger partial charge >= 0.3 is 0 Å². The van der Waals surface area contributed by atoms with Crippen molar-refractivity contribution in [3.63, 3.8) is 0 Å². The van der Waals surface area contributed by atoms with Crippen molar-refractivity contribution in [1.29, 1.82) is 0 Å². The van der Waals surface area contributed by atoms with E-state index in [0.717, 1.165) is 11.1 Å². The average Bonchev–Trinajstić information content (AvgIpc) is 3.40. The van der Waals surface area contributed by atoms with Crippen LogP contribution in [0, 0.1) is 0 Å². The van der Waals surface area contributed by atoms with E-state index in [2.05, 4.69) is 15.5 Å². The van der Waals surface area contributed by atoms with Gasteiger partial charge < -0.3 is 14.3 Å². The van der Waals surface area contributed by atoms with Gasteiger partial charge in [0.1, 0.15) is 0 Å². The first-order chi connectivity index (χ1) is 13.3. The Hall–Kier alpha value is -3.93. The third-order valence-corrected chi connectivity index (χ3v) is 3.78. The Balaban J connectivity index is 1.50. The van der Waals surface area contributed by atoms with Crippen molar-refractivity contribution >= 4 is 23.7 Å². The van der Waals surface area contributed by atoms with Gasteiger partial charge in [-0.2, -0.15) is 4.98 Å². The lowest BCUT2D eigenvalue weighted by Crippen LogP contribution is -2.10. The van der Waals surface area contributed by atoms with Crippen molar-refractivity contribution in [3.8, 4) is 11.4 Å². The summed E-state index contributed by atoms with van der Waals surface area (Å²) in [6.07, 6.45) is 5.11. The molecule has 0 aliphatic heterocycles. The highest BCUT2D eigenvalue weighted by atomic mass is 16.5. The molecule has 4 rings (SSSR count). The van der Waals surface area contributed by atoms with E-state index in [-0.39, 0.29) is 11.7 Å². The van der Waals surface area contributed by atoms with Crippen LogP contribution in [0.5, 0.6) is 0 Å². The van der Waals surface area contributed by atoms with Crippen LogP contribution in [0.15, 0.2) is 81.9 Å². The molecule has 1 amide bonds. The number of aromatic nitrogens is 2. The van der Waals surface area contributed by atoms with Crippen molar-refractivity contribution in [1.82, 2.24) is 10.1 Å². The Labute approximate surface area is 155 Å². The van der Waals surface area contributed by atoms with Gasteiger partial charge in [-0.05, 0) is 35.9 Å². The fourth-order valence-electron chi connectivity index (χ4n) is 2.49. The van der Waals surface area contributed by atoms with Gasteiger partial charge in [0.05, 0.1) is 6.26 Å². The monoisotopic (exact) mass is 357 g/mol. The molecule has 0 aliphatic carbocycles. The zero-order chi connectivity index (χ0) is 18.5. The SMILES string of the molecule is O=C(Nc1cccc(-c2noc(/C=C/c3ccccc3)n2)c1)c1ccco1. The zero-order valence-electron chi connectivity index (χ0n) is 14.2. The fourth-order valence-corrected chi connectivity index (χ4v) is 2.49. The lowest BCUT2D eigenvalue weighted by Gasteiger charge is -2.04. The van der Waals surface area contributed by atoms with Gasteiger partial charge in [-0.1, -0.05) is 47.6 Å². The van der Waals surface area contributed by atoms with Crippen molar-refractivity contribution in [2.24, 2.45) is 0 Å². The van der Waals surface area contributed by atoms with Crippen LogP contribution in [0.4, 0.5) is 5.69 Å². The van der Waals surface area contributed by atoms with Crippen molar-refractivity contribution in [2.75, 3.05) is 5.32 Å². The summed E-state index contributed by atoms with van der Waals surface area (Å²) in [6, 6.07) is 20.3. The third kappa shape index (κ3) is 4.01. The molecule has 0 fully saturated rings. The van der Waals surface area contributed by atoms with E-state index in [1.165, 1.54) is 6.26 Å². The Kier molecular flexibility index (Phi) is 4.61. The predicted molar refractivity (Wildman–Crippen MR) is 102 cm³/mol. The molecule has 6 nitrogen and oxygen atoms in total. The van der Waals surface area contributed by atoms with E-state index in [4.69, 9.17) is 8.94 Å². The molecule has 0 aliphatic rings. The highest BCUT2D eigenvalue weighted by Crippen LogP contribution is 2.21. The summed E-state index contributed by atoms with van der Waals surface area (Å²) in [7, 11) is 0. The van der Waals surface area contributed by atoms with E-state index in [1.54, 1.807) is 30.3 Å². The van der Waals surface area contributed by atoms with Crippen molar-refractivity contribution < 1.29 is 13.7 Å². The highest BCUT2D eigenvalue weighted by Gasteiger charge is 2.11. The lowest BCUT2D eigenvalue weighted by molar-refractivity contribution is 0.0996. The summed E-state index contributed by atoms with van der Waals surface area (Å²) in [5, 5.41) is 6.78. The van der Waals surface area contributed by atoms with Crippen LogP contribution in [0.2, 0.25) is 0 Å². The molecule has 0 unspecified atom stereocenters. The summed E-state index contributed by atoms with van der Waals surface area (Å²) < 4.78 is 10.4. The maximum Gasteiger partial charge on any atom is 0.291 e. The van der Waals surface area contributed by atoms with Crippen LogP contribution in [0.1, 0.15) is 22.0 Å². The number of nitrogens with one attached hydrogen (secondary N) is 1. The van der Waals surface area contributed by atoms with Crippen LogP contribution >= 0.6 is 0 Å². The number of anilines is 1. The van der Waals surface area contributed by atoms with Gasteiger partial charge in [0.2, 0.25) is 5.82 Å². The number of furan rings is 1. The molecule has 2 aromatic heterocycles. The second-order valence-electron chi connectivity index (χ2n) is 5.71. The number of carbonyl (C=O) groups excluding carboxylic acids is 1. The van der Waals surface area contributed by atoms with Gasteiger partial charge in [0.25, 0.3) is 11.8 Å². The first-order valence-corrected chi connectivity index (χ1v) is 8.30. The first kappa shape index (κ1) is 16.5. The van der Waals surface area contributed by atoms with Gasteiger partial charge in [-0.15, -0.1) is 0 Å². The maximum absolute atomic E-state index is 12.1. The fraction of sp³-hybridized carbons (Fsp3) is 0. The molecule has 0 saturated carbocycles. The molecule has 0 spiro atoms. The second-order valence-corrected chi connectivity index (χ2v) is 5.71. The molecular weight excluding hydrogens is 342 g/mol. The second kappa shape index (κ2) is 7.53. The van der Waals surface area contributed by atoms with Gasteiger partial charge in [-0.3, -0.25) is 4.79 Å². The Morgan fingerprint density at radius 1 is 0.963 bits per heavy atom. The molecule has 2 aromatic carbocycles. The minimum Gasteiger partial charge on any atom is -0.459 e. The molecule has 0 saturated heterocycles. The quantitative estimate of drug-likeness (QED) is 0.557. The normalized spacial score (nSPS) is 11.0. The predicted octanol–water partition coefficient (Wildman–Crippen LogP) is 4.75. The number of nitrogens with zero attached hydrogens (tertiary/aromatic N) is 2. The van der Waals surface area contributed by atoms with Crippen LogP contribution in [0.25, 0.3) is 23.5 Å². The maximum atomic E-state index is 12.1. The third-order valence-electron chi connectivity index (χ3n) is 3.78. The van der Waals surface area contributed by atoms with E-state index >= 15 is 0 Å². The van der Waals surface area contributed by atoms with Crippen LogP contribution in [-0.2, 0) is 0 Å². The molecule has 132 valence electrons. The molecule has 2 heterocycles. The van der Waals surface area contributed by atoms with Gasteiger partial charge in [0, 0.05) is 17.3 Å². The van der Waals surface area contributed by atoms with Crippen LogP contribution in [-0.4, -0.2) is 16.0 Å². The molecule has 4 aromatic rings. The summed E-state index contributed by atoms with van der Waals surface area (Å²) in [6.45, 7) is 0. The highest BCUT2D eigenvalue weighted by molar-refractivity contribution is 6.02. The van der Waals surface area contributed by atoms with Crippen molar-refractivity contribution in [3.05, 3.63) is 90.2 Å². The lowest BCUT2D eigenvalue weighted by atomic mass is 10.2. The minimum atomic E-state index is -0.322. The summed E-state index contributed by atoms with van der Waals surface area (Å²) in [4.78, 5) is 16.5. The van der Waals surface area contributed by atoms with Gasteiger partial charge in [0.15, 0.2) is 5.76 Å². The molecule has 0 atom stereocenters. The first-order valence-electron chi connectivity index (χ1n) is 8.30. The summed E-state index contributed by atoms with van der Waals surface area (Å²) in [5.74, 6) is 0.765. The summed E-state index contributed by atoms with van der Waals surface area (Å²) in [5.41, 5.74) is 2.38. The Morgan fingerprint density at radius 2 is 1.85 bits per heavy atom. The van der Waals surface area contributed by atoms with E-state index < -0.39 is 0 Å². The molecule has 0 radical (unpaired) electrons. The van der Waals surface area contributed by atoms with Crippen LogP contribution < -0.4 is 5.32 Å². The van der Waals surface area contributed by atoms with E-state index in [0.29, 0.717) is 17.4 Å². The molecular formula is C21H15N3O3. The number of hydrogen-bond donors (Lipinski definition) is 1. The standard InChI is InChI=1S/C21H15N3O3/c25-21(18-10-5-13-26-18)22-17-9-4-8-16(14-17)20-23-19(27-24-20)12-11-15-6-2-1-3-7-15/h1-14H,(H,22,25)/b12-11+. The molecule has 1 N–H and O–H groups in total. The number of rotatable bonds is 5. The van der Waals surface area contributed by atoms with E-state index in [9.17, 15) is 4.79 Å². The Morgan fingerprint density at radius 3 is 2.67 bits per heavy atom. The molecule has 6 heteroatoms. The van der Waals surface area contributed by atoms with Crippen molar-refractivity contribution in [2.45, 2.75) is 0 Å². The average molecular weight is 357 g/mol. The smallest absolute Gasteiger partial charge is 0.291 e. The topological polar surface area (TPSA) is 81.2 Å². The summed E-state index contributed by atoms with van der Waals surface area (Å²) >= 11 is 0. The largest absolute Gasteiger partial charge is 0.459 e. The number of amides is 1. The van der Waals surface area contributed by atoms with Crippen LogP contribution in [0.3, 0.4) is 0 Å². The van der Waals surface area contributed by atoms with E-state index in [1.807, 2.05) is 48.5 Å². The molecule has 0 bridgehead atoms. The molecule has 27 heavy (non-hydrogen) atoms. The number of benzene rings is 2.